The highest BCUT2D eigenvalue weighted by atomic mass is 15.1. The number of hydrogen-bond acceptors (Lipinski definition) is 15. The third-order valence-electron chi connectivity index (χ3n) is 9.02. The Morgan fingerprint density at radius 2 is 1.15 bits per heavy atom. The van der Waals surface area contributed by atoms with E-state index in [-0.39, 0.29) is 0 Å². The first-order chi connectivity index (χ1) is 34.7. The van der Waals surface area contributed by atoms with Gasteiger partial charge in [-0.1, -0.05) is 50.6 Å². The number of rotatable bonds is 14. The van der Waals surface area contributed by atoms with Crippen molar-refractivity contribution in [3.05, 3.63) is 166 Å². The Kier molecular flexibility index (Phi) is 41.5. The number of aryl methyl sites for hydroxylation is 3. The monoisotopic (exact) mass is 975 g/mol. The van der Waals surface area contributed by atoms with Crippen LogP contribution in [-0.2, 0) is 20.6 Å². The summed E-state index contributed by atoms with van der Waals surface area (Å²) in [5, 5.41) is 21.0. The van der Waals surface area contributed by atoms with Crippen molar-refractivity contribution in [2.45, 2.75) is 39.7 Å². The van der Waals surface area contributed by atoms with Gasteiger partial charge in [-0.05, 0) is 113 Å². The normalized spacial score (nSPS) is 9.23. The first-order valence-electron chi connectivity index (χ1n) is 23.9. The number of imidazole rings is 3. The molecule has 71 heavy (non-hydrogen) atoms. The lowest BCUT2D eigenvalue weighted by molar-refractivity contribution is 0.612. The van der Waals surface area contributed by atoms with Crippen LogP contribution in [-0.4, -0.2) is 119 Å². The second-order valence-electron chi connectivity index (χ2n) is 14.7. The van der Waals surface area contributed by atoms with Crippen LogP contribution in [0.1, 0.15) is 33.1 Å². The molecule has 0 bridgehead atoms. The number of nitrogen functional groups attached to an aromatic ring is 1. The number of para-hydroxylation sites is 3. The minimum atomic E-state index is 0.660. The van der Waals surface area contributed by atoms with Crippen LogP contribution in [0.3, 0.4) is 0 Å². The summed E-state index contributed by atoms with van der Waals surface area (Å²) >= 11 is 0. The molecule has 0 aliphatic heterocycles. The van der Waals surface area contributed by atoms with Gasteiger partial charge in [0.1, 0.15) is 0 Å². The van der Waals surface area contributed by atoms with Gasteiger partial charge in [0, 0.05) is 129 Å². The van der Waals surface area contributed by atoms with Gasteiger partial charge in [0.05, 0.1) is 35.7 Å². The molecule has 0 atom stereocenters. The molecule has 0 amide bonds. The van der Waals surface area contributed by atoms with Crippen LogP contribution in [0.25, 0.3) is 11.0 Å². The third kappa shape index (κ3) is 36.3. The molecule has 0 saturated heterocycles. The van der Waals surface area contributed by atoms with Crippen LogP contribution in [0.2, 0.25) is 0 Å². The average molecular weight is 975 g/mol. The number of nitrogens with zero attached hydrogens (tertiary/aromatic N) is 9. The molecule has 0 radical (unpaired) electrons. The smallest absolute Gasteiger partial charge is 0.222 e. The highest BCUT2D eigenvalue weighted by molar-refractivity contribution is 5.74. The van der Waals surface area contributed by atoms with Crippen molar-refractivity contribution >= 4 is 39.7 Å². The van der Waals surface area contributed by atoms with E-state index in [1.165, 1.54) is 24.9 Å². The van der Waals surface area contributed by atoms with E-state index in [0.717, 1.165) is 67.4 Å². The molecule has 0 saturated carbocycles. The van der Waals surface area contributed by atoms with Gasteiger partial charge >= 0.3 is 0 Å². The number of nitrogens with one attached hydrogen (secondary N) is 7. The average Bonchev–Trinajstić information content (AvgIpc) is 4.23. The molecule has 5 heterocycles. The van der Waals surface area contributed by atoms with Gasteiger partial charge in [0.15, 0.2) is 0 Å². The molecule has 388 valence electrons. The number of fused-ring (bicyclic) bond motifs is 1. The predicted molar refractivity (Wildman–Crippen MR) is 303 cm³/mol. The van der Waals surface area contributed by atoms with E-state index < -0.39 is 0 Å². The van der Waals surface area contributed by atoms with Crippen molar-refractivity contribution in [1.82, 2.24) is 59.6 Å². The summed E-state index contributed by atoms with van der Waals surface area (Å²) in [6.45, 7) is 10.4. The van der Waals surface area contributed by atoms with Gasteiger partial charge < -0.3 is 62.4 Å². The van der Waals surface area contributed by atoms with E-state index in [9.17, 15) is 0 Å². The molecular formula is C53H86N18. The van der Waals surface area contributed by atoms with Crippen molar-refractivity contribution < 1.29 is 0 Å². The number of anilines is 5. The van der Waals surface area contributed by atoms with Gasteiger partial charge in [-0.25, -0.2) is 24.9 Å². The molecule has 5 aromatic heterocycles. The van der Waals surface area contributed by atoms with E-state index in [0.29, 0.717) is 5.95 Å². The lowest BCUT2D eigenvalue weighted by Gasteiger charge is -1.99. The summed E-state index contributed by atoms with van der Waals surface area (Å²) in [7, 11) is 15.2. The molecule has 0 aliphatic rings. The van der Waals surface area contributed by atoms with Crippen LogP contribution in [0.5, 0.6) is 0 Å². The number of aromatic nitrogens is 9. The minimum Gasteiger partial charge on any atom is -0.399 e. The number of likely N-dealkylation sites (N-methyl/N-ethyl adjacent to an activating group) is 1. The Morgan fingerprint density at radius 3 is 1.59 bits per heavy atom. The second-order valence-corrected chi connectivity index (χ2v) is 14.7. The zero-order valence-electron chi connectivity index (χ0n) is 44.1. The molecular weight excluding hydrogens is 889 g/mol. The highest BCUT2D eigenvalue weighted by Gasteiger charge is 1.94. The Morgan fingerprint density at radius 1 is 0.535 bits per heavy atom. The van der Waals surface area contributed by atoms with Crippen molar-refractivity contribution in [2.24, 2.45) is 19.8 Å². The minimum absolute atomic E-state index is 0.660. The Labute approximate surface area is 425 Å². The SMILES string of the molecule is CCCCNCC.CNCCCn1ccnc1.CNCCN.CNc1ccc(N)cc1.CNc1ccccc1.CNc1cccnc1.CNc1ncccn1.Cn1ccnc1.Cn1cnc2ccccc21. The fourth-order valence-corrected chi connectivity index (χ4v) is 5.08. The maximum Gasteiger partial charge on any atom is 0.222 e. The lowest BCUT2D eigenvalue weighted by atomic mass is 10.3. The molecule has 3 aromatic carbocycles. The summed E-state index contributed by atoms with van der Waals surface area (Å²) in [6, 6.07) is 31.4. The Bertz CT molecular complexity index is 2140. The van der Waals surface area contributed by atoms with Crippen molar-refractivity contribution in [1.29, 1.82) is 0 Å². The highest BCUT2D eigenvalue weighted by Crippen LogP contribution is 2.09. The largest absolute Gasteiger partial charge is 0.399 e. The first kappa shape index (κ1) is 63.6. The van der Waals surface area contributed by atoms with E-state index in [1.807, 2.05) is 168 Å². The summed E-state index contributed by atoms with van der Waals surface area (Å²) in [6.07, 6.45) is 23.5. The zero-order valence-corrected chi connectivity index (χ0v) is 44.1. The number of hydrogen-bond donors (Lipinski definition) is 9. The van der Waals surface area contributed by atoms with Gasteiger partial charge in [-0.2, -0.15) is 0 Å². The number of pyridine rings is 1. The zero-order chi connectivity index (χ0) is 52.4. The Hall–Kier alpha value is -7.38. The maximum atomic E-state index is 5.45. The molecule has 8 aromatic rings. The van der Waals surface area contributed by atoms with E-state index in [1.54, 1.807) is 56.6 Å². The molecule has 0 aliphatic carbocycles. The molecule has 11 N–H and O–H groups in total. The van der Waals surface area contributed by atoms with Crippen molar-refractivity contribution in [3.8, 4) is 0 Å². The van der Waals surface area contributed by atoms with Crippen molar-refractivity contribution in [3.63, 3.8) is 0 Å². The predicted octanol–water partition coefficient (Wildman–Crippen LogP) is 7.73. The van der Waals surface area contributed by atoms with Gasteiger partial charge in [-0.15, -0.1) is 0 Å². The summed E-state index contributed by atoms with van der Waals surface area (Å²) in [5.41, 5.74) is 16.9. The number of unbranched alkanes of at least 4 members (excludes halogenated alkanes) is 1. The summed E-state index contributed by atoms with van der Waals surface area (Å²) in [4.78, 5) is 23.6. The first-order valence-corrected chi connectivity index (χ1v) is 23.9. The molecule has 0 fully saturated rings. The lowest BCUT2D eigenvalue weighted by Crippen LogP contribution is -2.17. The molecule has 8 rings (SSSR count). The fraction of sp³-hybridized carbons (Fsp3) is 0.358. The number of nitrogens with two attached hydrogens (primary N) is 2. The van der Waals surface area contributed by atoms with Crippen molar-refractivity contribution in [2.75, 3.05) is 102 Å². The third-order valence-corrected chi connectivity index (χ3v) is 9.02. The maximum absolute atomic E-state index is 5.45. The second kappa shape index (κ2) is 46.4. The quantitative estimate of drug-likeness (QED) is 0.0375. The van der Waals surface area contributed by atoms with Crippen LogP contribution in [0, 0.1) is 0 Å². The number of benzene rings is 3. The van der Waals surface area contributed by atoms with E-state index >= 15 is 0 Å². The topological polar surface area (TPSA) is 228 Å². The molecule has 0 unspecified atom stereocenters. The van der Waals surface area contributed by atoms with Gasteiger partial charge in [-0.3, -0.25) is 4.98 Å². The molecule has 0 spiro atoms. The molecule has 18 nitrogen and oxygen atoms in total. The van der Waals surface area contributed by atoms with Gasteiger partial charge in [0.2, 0.25) is 5.95 Å². The summed E-state index contributed by atoms with van der Waals surface area (Å²) < 4.78 is 5.98. The van der Waals surface area contributed by atoms with Crippen LogP contribution < -0.4 is 48.7 Å². The molecule has 18 heteroatoms. The summed E-state index contributed by atoms with van der Waals surface area (Å²) in [5.74, 6) is 0.660. The standard InChI is InChI=1S/C8H8N2.C7H13N3.C7H10N2.C7H9N.C6H8N2.C6H15N.C5H7N3.C4H6N2.C3H10N2/c1-10-6-9-7-4-2-3-5-8(7)10;1-8-3-2-5-10-6-4-9-7-10;1-9-7-4-2-6(8)3-5-7;1-8-7-5-3-2-4-6-7;1-7-6-3-2-4-8-5-6;1-3-5-6-7-4-2;1-6-5-7-3-2-4-8-5;1-6-3-2-5-4-6;1-5-3-2-4/h2-6H,1H3;4,6-8H,2-3,5H2,1H3;2-5,9H,8H2,1H3;2-6,8H,1H3;2-5,7H,1H3;7H,3-6H2,1-2H3;2-4H,1H3,(H,6,7,8);2-4H,1H3;5H,2-4H2,1H3. The van der Waals surface area contributed by atoms with E-state index in [2.05, 4.69) is 91.6 Å². The fourth-order valence-electron chi connectivity index (χ4n) is 5.08. The Balaban J connectivity index is 0.000000782. The van der Waals surface area contributed by atoms with Crippen LogP contribution >= 0.6 is 0 Å². The van der Waals surface area contributed by atoms with E-state index in [4.69, 9.17) is 11.5 Å². The van der Waals surface area contributed by atoms with Crippen LogP contribution in [0.4, 0.5) is 28.7 Å². The van der Waals surface area contributed by atoms with Crippen LogP contribution in [0.15, 0.2) is 166 Å². The van der Waals surface area contributed by atoms with Gasteiger partial charge in [0.25, 0.3) is 0 Å².